The molecule has 1 aliphatic rings. The zero-order valence-corrected chi connectivity index (χ0v) is 9.47. The number of hydrogen-bond acceptors (Lipinski definition) is 3. The molecule has 84 valence electrons. The highest BCUT2D eigenvalue weighted by Crippen LogP contribution is 2.31. The van der Waals surface area contributed by atoms with Gasteiger partial charge in [-0.15, -0.1) is 12.4 Å². The topological polar surface area (TPSA) is 55.0 Å². The molecule has 1 N–H and O–H groups in total. The van der Waals surface area contributed by atoms with Gasteiger partial charge in [-0.3, -0.25) is 4.79 Å². The summed E-state index contributed by atoms with van der Waals surface area (Å²) < 4.78 is 4.86. The number of halogens is 1. The fourth-order valence-electron chi connectivity index (χ4n) is 1.95. The van der Waals surface area contributed by atoms with E-state index in [1.165, 1.54) is 26.1 Å². The number of nitrogens with one attached hydrogen (secondary N) is 1. The summed E-state index contributed by atoms with van der Waals surface area (Å²) in [7, 11) is 1.47. The maximum atomic E-state index is 11.4. The zero-order valence-electron chi connectivity index (χ0n) is 8.66. The van der Waals surface area contributed by atoms with Crippen molar-refractivity contribution in [2.24, 2.45) is 0 Å². The summed E-state index contributed by atoms with van der Waals surface area (Å²) in [6, 6.07) is 0. The predicted octanol–water partition coefficient (Wildman–Crippen LogP) is 1.86. The second kappa shape index (κ2) is 5.16. The van der Waals surface area contributed by atoms with Crippen molar-refractivity contribution < 1.29 is 4.74 Å². The average Bonchev–Trinajstić information content (AvgIpc) is 2.70. The van der Waals surface area contributed by atoms with Crippen LogP contribution in [0.5, 0.6) is 5.75 Å². The van der Waals surface area contributed by atoms with Crippen molar-refractivity contribution in [3.63, 3.8) is 0 Å². The summed E-state index contributed by atoms with van der Waals surface area (Å²) in [5.41, 5.74) is -0.176. The van der Waals surface area contributed by atoms with Crippen molar-refractivity contribution in [3.8, 4) is 5.75 Å². The minimum atomic E-state index is -0.176. The van der Waals surface area contributed by atoms with Gasteiger partial charge in [-0.25, -0.2) is 4.98 Å². The molecule has 1 saturated carbocycles. The Balaban J connectivity index is 0.00000112. The first-order valence-electron chi connectivity index (χ1n) is 4.94. The maximum absolute atomic E-state index is 11.4. The number of methoxy groups -OCH3 is 1. The lowest BCUT2D eigenvalue weighted by molar-refractivity contribution is 0.404. The number of hydrogen-bond donors (Lipinski definition) is 1. The van der Waals surface area contributed by atoms with Crippen molar-refractivity contribution in [2.45, 2.75) is 31.6 Å². The van der Waals surface area contributed by atoms with Gasteiger partial charge in [0.1, 0.15) is 5.82 Å². The smallest absolute Gasteiger partial charge is 0.293 e. The molecule has 2 rings (SSSR count). The summed E-state index contributed by atoms with van der Waals surface area (Å²) in [4.78, 5) is 18.4. The molecule has 1 aromatic heterocycles. The highest BCUT2D eigenvalue weighted by atomic mass is 35.5. The monoisotopic (exact) mass is 230 g/mol. The Labute approximate surface area is 94.5 Å². The maximum Gasteiger partial charge on any atom is 0.293 e. The minimum absolute atomic E-state index is 0. The van der Waals surface area contributed by atoms with Crippen LogP contribution in [0.25, 0.3) is 0 Å². The molecule has 1 aromatic rings. The first kappa shape index (κ1) is 12.0. The molecule has 5 heteroatoms. The molecule has 4 nitrogen and oxygen atoms in total. The third-order valence-corrected chi connectivity index (χ3v) is 2.75. The van der Waals surface area contributed by atoms with E-state index in [2.05, 4.69) is 9.97 Å². The van der Waals surface area contributed by atoms with E-state index in [0.717, 1.165) is 18.7 Å². The Morgan fingerprint density at radius 2 is 2.13 bits per heavy atom. The van der Waals surface area contributed by atoms with Crippen LogP contribution in [0.3, 0.4) is 0 Å². The molecular formula is C10H15ClN2O2. The zero-order chi connectivity index (χ0) is 9.97. The minimum Gasteiger partial charge on any atom is -0.490 e. The summed E-state index contributed by atoms with van der Waals surface area (Å²) >= 11 is 0. The predicted molar refractivity (Wildman–Crippen MR) is 59.9 cm³/mol. The molecule has 0 spiro atoms. The second-order valence-electron chi connectivity index (χ2n) is 3.65. The molecule has 1 aliphatic carbocycles. The number of aromatic nitrogens is 2. The largest absolute Gasteiger partial charge is 0.490 e. The summed E-state index contributed by atoms with van der Waals surface area (Å²) in [6.45, 7) is 0. The third kappa shape index (κ3) is 2.50. The van der Waals surface area contributed by atoms with Crippen LogP contribution < -0.4 is 10.3 Å². The third-order valence-electron chi connectivity index (χ3n) is 2.75. The molecule has 0 aromatic carbocycles. The fraction of sp³-hybridized carbons (Fsp3) is 0.600. The Morgan fingerprint density at radius 1 is 1.47 bits per heavy atom. The van der Waals surface area contributed by atoms with Crippen LogP contribution >= 0.6 is 12.4 Å². The average molecular weight is 231 g/mol. The van der Waals surface area contributed by atoms with E-state index < -0.39 is 0 Å². The van der Waals surface area contributed by atoms with Crippen LogP contribution in [0, 0.1) is 0 Å². The molecule has 0 radical (unpaired) electrons. The van der Waals surface area contributed by atoms with Crippen LogP contribution in [-0.2, 0) is 0 Å². The summed E-state index contributed by atoms with van der Waals surface area (Å²) in [5, 5.41) is 0. The molecule has 15 heavy (non-hydrogen) atoms. The van der Waals surface area contributed by atoms with E-state index in [1.807, 2.05) is 0 Å². The van der Waals surface area contributed by atoms with E-state index in [-0.39, 0.29) is 23.7 Å². The molecule has 0 amide bonds. The van der Waals surface area contributed by atoms with E-state index >= 15 is 0 Å². The van der Waals surface area contributed by atoms with E-state index in [9.17, 15) is 4.79 Å². The number of nitrogens with zero attached hydrogens (tertiary/aromatic N) is 1. The Hall–Kier alpha value is -1.03. The molecule has 0 atom stereocenters. The Kier molecular flexibility index (Phi) is 4.15. The molecule has 0 bridgehead atoms. The van der Waals surface area contributed by atoms with E-state index in [1.54, 1.807) is 0 Å². The molecule has 0 saturated heterocycles. The number of ether oxygens (including phenoxy) is 1. The lowest BCUT2D eigenvalue weighted by Crippen LogP contribution is -2.14. The molecule has 1 fully saturated rings. The first-order valence-corrected chi connectivity index (χ1v) is 4.94. The number of aromatic amines is 1. The quantitative estimate of drug-likeness (QED) is 0.844. The van der Waals surface area contributed by atoms with Crippen LogP contribution in [0.15, 0.2) is 11.0 Å². The van der Waals surface area contributed by atoms with Gasteiger partial charge in [0.15, 0.2) is 0 Å². The highest BCUT2D eigenvalue weighted by molar-refractivity contribution is 5.85. The van der Waals surface area contributed by atoms with Gasteiger partial charge >= 0.3 is 0 Å². The van der Waals surface area contributed by atoms with Gasteiger partial charge in [0.2, 0.25) is 5.75 Å². The van der Waals surface area contributed by atoms with Crippen molar-refractivity contribution in [3.05, 3.63) is 22.4 Å². The van der Waals surface area contributed by atoms with E-state index in [4.69, 9.17) is 4.74 Å². The number of rotatable bonds is 2. The highest BCUT2D eigenvalue weighted by Gasteiger charge is 2.19. The van der Waals surface area contributed by atoms with Crippen LogP contribution in [0.1, 0.15) is 37.4 Å². The van der Waals surface area contributed by atoms with Crippen LogP contribution in [0.4, 0.5) is 0 Å². The standard InChI is InChI=1S/C10H14N2O2.ClH/c1-14-8-6-11-9(12-10(8)13)7-4-2-3-5-7;/h6-7H,2-5H2,1H3,(H,11,12,13);1H. The van der Waals surface area contributed by atoms with Gasteiger partial charge in [0.05, 0.1) is 13.3 Å². The SMILES string of the molecule is COc1cnc(C2CCCC2)[nH]c1=O.Cl. The Bertz CT molecular complexity index is 372. The van der Waals surface area contributed by atoms with Crippen molar-refractivity contribution >= 4 is 12.4 Å². The van der Waals surface area contributed by atoms with Crippen LogP contribution in [-0.4, -0.2) is 17.1 Å². The lowest BCUT2D eigenvalue weighted by Gasteiger charge is -2.07. The van der Waals surface area contributed by atoms with Gasteiger partial charge in [-0.05, 0) is 12.8 Å². The van der Waals surface area contributed by atoms with Gasteiger partial charge in [-0.2, -0.15) is 0 Å². The van der Waals surface area contributed by atoms with Crippen molar-refractivity contribution in [1.29, 1.82) is 0 Å². The summed E-state index contributed by atoms with van der Waals surface area (Å²) in [5.74, 6) is 1.54. The molecule has 0 aliphatic heterocycles. The Morgan fingerprint density at radius 3 is 2.67 bits per heavy atom. The summed E-state index contributed by atoms with van der Waals surface area (Å²) in [6.07, 6.45) is 6.25. The van der Waals surface area contributed by atoms with Gasteiger partial charge in [0, 0.05) is 5.92 Å². The fourth-order valence-corrected chi connectivity index (χ4v) is 1.95. The number of H-pyrrole nitrogens is 1. The van der Waals surface area contributed by atoms with Crippen molar-refractivity contribution in [1.82, 2.24) is 9.97 Å². The first-order chi connectivity index (χ1) is 6.81. The van der Waals surface area contributed by atoms with Gasteiger partial charge < -0.3 is 9.72 Å². The lowest BCUT2D eigenvalue weighted by atomic mass is 10.1. The van der Waals surface area contributed by atoms with Crippen molar-refractivity contribution in [2.75, 3.05) is 7.11 Å². The van der Waals surface area contributed by atoms with Gasteiger partial charge in [0.25, 0.3) is 5.56 Å². The van der Waals surface area contributed by atoms with E-state index in [0.29, 0.717) is 5.92 Å². The molecule has 1 heterocycles. The van der Waals surface area contributed by atoms with Crippen LogP contribution in [0.2, 0.25) is 0 Å². The molecule has 0 unspecified atom stereocenters. The molecular weight excluding hydrogens is 216 g/mol. The second-order valence-corrected chi connectivity index (χ2v) is 3.65. The van der Waals surface area contributed by atoms with Gasteiger partial charge in [-0.1, -0.05) is 12.8 Å². The normalized spacial score (nSPS) is 16.1.